The van der Waals surface area contributed by atoms with Crippen LogP contribution in [-0.2, 0) is 4.79 Å². The Labute approximate surface area is 169 Å². The van der Waals surface area contributed by atoms with E-state index in [1.54, 1.807) is 25.1 Å². The SMILES string of the molecule is Cc1ccc(-c2ccc(=O)n(C(C)C(=O)Nc3cc(Cl)ccc3C)n2)cc1C. The molecule has 0 spiro atoms. The zero-order chi connectivity index (χ0) is 20.4. The fourth-order valence-corrected chi connectivity index (χ4v) is 3.01. The summed E-state index contributed by atoms with van der Waals surface area (Å²) in [5.74, 6) is -0.336. The molecule has 2 aromatic carbocycles. The van der Waals surface area contributed by atoms with E-state index in [2.05, 4.69) is 10.4 Å². The van der Waals surface area contributed by atoms with Crippen molar-refractivity contribution in [2.45, 2.75) is 33.7 Å². The topological polar surface area (TPSA) is 64.0 Å². The van der Waals surface area contributed by atoms with Gasteiger partial charge in [-0.25, -0.2) is 4.68 Å². The van der Waals surface area contributed by atoms with E-state index in [4.69, 9.17) is 11.6 Å². The van der Waals surface area contributed by atoms with Crippen molar-refractivity contribution in [1.29, 1.82) is 0 Å². The van der Waals surface area contributed by atoms with Gasteiger partial charge in [-0.15, -0.1) is 0 Å². The molecule has 0 aliphatic rings. The van der Waals surface area contributed by atoms with Crippen LogP contribution in [0, 0.1) is 20.8 Å². The van der Waals surface area contributed by atoms with Gasteiger partial charge in [0.15, 0.2) is 0 Å². The molecular weight excluding hydrogens is 374 g/mol. The molecule has 1 heterocycles. The van der Waals surface area contributed by atoms with Crippen LogP contribution in [0.5, 0.6) is 0 Å². The van der Waals surface area contributed by atoms with Crippen molar-refractivity contribution in [1.82, 2.24) is 9.78 Å². The second-order valence-electron chi connectivity index (χ2n) is 6.92. The quantitative estimate of drug-likeness (QED) is 0.697. The smallest absolute Gasteiger partial charge is 0.267 e. The number of nitrogens with zero attached hydrogens (tertiary/aromatic N) is 2. The van der Waals surface area contributed by atoms with Crippen LogP contribution in [0.25, 0.3) is 11.3 Å². The van der Waals surface area contributed by atoms with Crippen molar-refractivity contribution >= 4 is 23.2 Å². The van der Waals surface area contributed by atoms with Crippen LogP contribution in [-0.4, -0.2) is 15.7 Å². The van der Waals surface area contributed by atoms with Gasteiger partial charge in [0.05, 0.1) is 5.69 Å². The number of carbonyl (C=O) groups is 1. The molecule has 1 aromatic heterocycles. The Hall–Kier alpha value is -2.92. The molecule has 0 saturated carbocycles. The molecule has 0 aliphatic carbocycles. The molecule has 6 heteroatoms. The molecule has 0 fully saturated rings. The molecule has 3 aromatic rings. The zero-order valence-electron chi connectivity index (χ0n) is 16.3. The number of aryl methyl sites for hydroxylation is 3. The van der Waals surface area contributed by atoms with E-state index in [1.807, 2.05) is 45.0 Å². The number of nitrogens with one attached hydrogen (secondary N) is 1. The maximum Gasteiger partial charge on any atom is 0.267 e. The first-order chi connectivity index (χ1) is 13.3. The summed E-state index contributed by atoms with van der Waals surface area (Å²) in [6, 6.07) is 13.6. The summed E-state index contributed by atoms with van der Waals surface area (Å²) in [6.45, 7) is 7.59. The van der Waals surface area contributed by atoms with Crippen LogP contribution >= 0.6 is 11.6 Å². The molecular formula is C22H22ClN3O2. The maximum absolute atomic E-state index is 12.7. The number of hydrogen-bond donors (Lipinski definition) is 1. The Balaban J connectivity index is 1.91. The van der Waals surface area contributed by atoms with E-state index in [-0.39, 0.29) is 11.5 Å². The second-order valence-corrected chi connectivity index (χ2v) is 7.36. The average molecular weight is 396 g/mol. The first kappa shape index (κ1) is 19.8. The number of benzene rings is 2. The predicted octanol–water partition coefficient (Wildman–Crippen LogP) is 4.69. The van der Waals surface area contributed by atoms with Crippen molar-refractivity contribution in [3.8, 4) is 11.3 Å². The lowest BCUT2D eigenvalue weighted by atomic mass is 10.0. The Bertz CT molecular complexity index is 1110. The minimum atomic E-state index is -0.780. The fourth-order valence-electron chi connectivity index (χ4n) is 2.83. The Morgan fingerprint density at radius 3 is 2.43 bits per heavy atom. The van der Waals surface area contributed by atoms with E-state index in [0.717, 1.165) is 16.7 Å². The van der Waals surface area contributed by atoms with Crippen LogP contribution < -0.4 is 10.9 Å². The number of hydrogen-bond acceptors (Lipinski definition) is 3. The highest BCUT2D eigenvalue weighted by Gasteiger charge is 2.19. The van der Waals surface area contributed by atoms with E-state index in [9.17, 15) is 9.59 Å². The van der Waals surface area contributed by atoms with Gasteiger partial charge in [0.1, 0.15) is 6.04 Å². The molecule has 5 nitrogen and oxygen atoms in total. The summed E-state index contributed by atoms with van der Waals surface area (Å²) < 4.78 is 1.21. The third-order valence-electron chi connectivity index (χ3n) is 4.83. The van der Waals surface area contributed by atoms with Gasteiger partial charge in [-0.3, -0.25) is 9.59 Å². The number of amides is 1. The number of carbonyl (C=O) groups excluding carboxylic acids is 1. The van der Waals surface area contributed by atoms with Crippen molar-refractivity contribution in [3.63, 3.8) is 0 Å². The zero-order valence-corrected chi connectivity index (χ0v) is 17.0. The number of halogens is 1. The monoisotopic (exact) mass is 395 g/mol. The third kappa shape index (κ3) is 4.15. The molecule has 28 heavy (non-hydrogen) atoms. The fraction of sp³-hybridized carbons (Fsp3) is 0.227. The van der Waals surface area contributed by atoms with Gasteiger partial charge >= 0.3 is 0 Å². The molecule has 0 bridgehead atoms. The van der Waals surface area contributed by atoms with Gasteiger partial charge in [-0.05, 0) is 68.7 Å². The lowest BCUT2D eigenvalue weighted by molar-refractivity contribution is -0.119. The predicted molar refractivity (Wildman–Crippen MR) is 113 cm³/mol. The minimum absolute atomic E-state index is 0.335. The number of anilines is 1. The van der Waals surface area contributed by atoms with Crippen LogP contribution in [0.4, 0.5) is 5.69 Å². The number of rotatable bonds is 4. The van der Waals surface area contributed by atoms with Gasteiger partial charge in [-0.2, -0.15) is 5.10 Å². The minimum Gasteiger partial charge on any atom is -0.324 e. The van der Waals surface area contributed by atoms with Gasteiger partial charge in [-0.1, -0.05) is 29.8 Å². The lowest BCUT2D eigenvalue weighted by Gasteiger charge is -2.16. The molecule has 1 atom stereocenters. The largest absolute Gasteiger partial charge is 0.324 e. The maximum atomic E-state index is 12.7. The van der Waals surface area contributed by atoms with Crippen LogP contribution in [0.2, 0.25) is 5.02 Å². The summed E-state index contributed by atoms with van der Waals surface area (Å²) in [4.78, 5) is 25.1. The lowest BCUT2D eigenvalue weighted by Crippen LogP contribution is -2.33. The van der Waals surface area contributed by atoms with Gasteiger partial charge in [0, 0.05) is 22.3 Å². The first-order valence-corrected chi connectivity index (χ1v) is 9.38. The van der Waals surface area contributed by atoms with Crippen molar-refractivity contribution in [3.05, 3.63) is 80.6 Å². The summed E-state index contributed by atoms with van der Waals surface area (Å²) in [7, 11) is 0. The van der Waals surface area contributed by atoms with Crippen molar-refractivity contribution in [2.24, 2.45) is 0 Å². The van der Waals surface area contributed by atoms with Gasteiger partial charge in [0.2, 0.25) is 5.91 Å². The van der Waals surface area contributed by atoms with Crippen LogP contribution in [0.3, 0.4) is 0 Å². The average Bonchev–Trinajstić information content (AvgIpc) is 2.66. The van der Waals surface area contributed by atoms with Gasteiger partial charge < -0.3 is 5.32 Å². The molecule has 0 saturated heterocycles. The molecule has 1 unspecified atom stereocenters. The molecule has 0 aliphatic heterocycles. The highest BCUT2D eigenvalue weighted by Crippen LogP contribution is 2.22. The van der Waals surface area contributed by atoms with Gasteiger partial charge in [0.25, 0.3) is 5.56 Å². The molecule has 0 radical (unpaired) electrons. The van der Waals surface area contributed by atoms with Crippen LogP contribution in [0.1, 0.15) is 29.7 Å². The van der Waals surface area contributed by atoms with Crippen molar-refractivity contribution in [2.75, 3.05) is 5.32 Å². The Morgan fingerprint density at radius 1 is 1.00 bits per heavy atom. The Morgan fingerprint density at radius 2 is 1.71 bits per heavy atom. The number of aromatic nitrogens is 2. The molecule has 144 valence electrons. The summed E-state index contributed by atoms with van der Waals surface area (Å²) in [5, 5.41) is 7.79. The molecule has 1 N–H and O–H groups in total. The summed E-state index contributed by atoms with van der Waals surface area (Å²) in [6.07, 6.45) is 0. The van der Waals surface area contributed by atoms with E-state index >= 15 is 0 Å². The Kier molecular flexibility index (Phi) is 5.66. The van der Waals surface area contributed by atoms with E-state index < -0.39 is 6.04 Å². The first-order valence-electron chi connectivity index (χ1n) is 9.01. The molecule has 3 rings (SSSR count). The third-order valence-corrected chi connectivity index (χ3v) is 5.07. The van der Waals surface area contributed by atoms with E-state index in [0.29, 0.717) is 16.4 Å². The standard InChI is InChI=1S/C22H22ClN3O2/c1-13-5-7-17(11-15(13)3)19-9-10-21(27)26(25-19)16(4)22(28)24-20-12-18(23)8-6-14(20)2/h5-12,16H,1-4H3,(H,24,28). The molecule has 1 amide bonds. The second kappa shape index (κ2) is 7.98. The highest BCUT2D eigenvalue weighted by molar-refractivity contribution is 6.31. The summed E-state index contributed by atoms with van der Waals surface area (Å²) in [5.41, 5.74) is 5.02. The van der Waals surface area contributed by atoms with Crippen molar-refractivity contribution < 1.29 is 4.79 Å². The highest BCUT2D eigenvalue weighted by atomic mass is 35.5. The summed E-state index contributed by atoms with van der Waals surface area (Å²) >= 11 is 6.02. The van der Waals surface area contributed by atoms with E-state index in [1.165, 1.54) is 16.3 Å². The van der Waals surface area contributed by atoms with Crippen LogP contribution in [0.15, 0.2) is 53.3 Å². The normalized spacial score (nSPS) is 11.9.